The van der Waals surface area contributed by atoms with Crippen LogP contribution in [0.25, 0.3) is 0 Å². The molecule has 0 atom stereocenters. The normalized spacial score (nSPS) is 19.2. The number of hydrogen-bond acceptors (Lipinski definition) is 3. The van der Waals surface area contributed by atoms with Gasteiger partial charge in [0.25, 0.3) is 0 Å². The second kappa shape index (κ2) is 8.87. The van der Waals surface area contributed by atoms with Crippen molar-refractivity contribution in [3.8, 4) is 0 Å². The molecule has 1 N–H and O–H groups in total. The summed E-state index contributed by atoms with van der Waals surface area (Å²) in [6, 6.07) is 9.95. The van der Waals surface area contributed by atoms with E-state index < -0.39 is 5.41 Å². The van der Waals surface area contributed by atoms with Crippen LogP contribution in [0.2, 0.25) is 0 Å². The fourth-order valence-corrected chi connectivity index (χ4v) is 4.19. The van der Waals surface area contributed by atoms with Gasteiger partial charge in [0.1, 0.15) is 0 Å². The Morgan fingerprint density at radius 3 is 2.22 bits per heavy atom. The minimum atomic E-state index is -0.539. The van der Waals surface area contributed by atoms with Gasteiger partial charge in [-0.25, -0.2) is 0 Å². The number of nitrogens with one attached hydrogen (secondary N) is 1. The summed E-state index contributed by atoms with van der Waals surface area (Å²) in [5.41, 5.74) is 0.498. The van der Waals surface area contributed by atoms with Crippen LogP contribution in [0.15, 0.2) is 30.3 Å². The maximum Gasteiger partial charge on any atom is 0.232 e. The summed E-state index contributed by atoms with van der Waals surface area (Å²) in [4.78, 5) is 29.5. The molecule has 0 saturated carbocycles. The molecule has 0 aromatic heterocycles. The largest absolute Gasteiger partial charge is 0.339 e. The third-order valence-electron chi connectivity index (χ3n) is 6.17. The highest BCUT2D eigenvalue weighted by Gasteiger charge is 2.35. The first kappa shape index (κ1) is 19.9. The lowest BCUT2D eigenvalue weighted by molar-refractivity contribution is -0.142. The highest BCUT2D eigenvalue weighted by atomic mass is 16.2. The number of nitrogens with zero attached hydrogens (tertiary/aromatic N) is 2. The van der Waals surface area contributed by atoms with Crippen molar-refractivity contribution in [2.45, 2.75) is 44.9 Å². The van der Waals surface area contributed by atoms with Gasteiger partial charge in [0, 0.05) is 32.6 Å². The third-order valence-corrected chi connectivity index (χ3v) is 6.17. The Kier molecular flexibility index (Phi) is 6.53. The van der Waals surface area contributed by atoms with Crippen LogP contribution in [-0.4, -0.2) is 60.9 Å². The smallest absolute Gasteiger partial charge is 0.232 e. The Morgan fingerprint density at radius 2 is 1.59 bits per heavy atom. The molecule has 0 spiro atoms. The number of hydrogen-bond donors (Lipinski definition) is 1. The first-order valence-electron chi connectivity index (χ1n) is 10.3. The molecule has 2 aliphatic heterocycles. The average Bonchev–Trinajstić information content (AvgIpc) is 2.73. The van der Waals surface area contributed by atoms with Crippen molar-refractivity contribution < 1.29 is 9.59 Å². The van der Waals surface area contributed by atoms with E-state index in [0.29, 0.717) is 38.5 Å². The first-order valence-corrected chi connectivity index (χ1v) is 10.3. The summed E-state index contributed by atoms with van der Waals surface area (Å²) in [6.45, 7) is 8.71. The summed E-state index contributed by atoms with van der Waals surface area (Å²) in [5.74, 6) is 1.09. The molecule has 0 bridgehead atoms. The first-order chi connectivity index (χ1) is 13.0. The maximum atomic E-state index is 13.0. The average molecular weight is 372 g/mol. The molecule has 3 rings (SSSR count). The number of rotatable bonds is 5. The minimum absolute atomic E-state index is 0.149. The highest BCUT2D eigenvalue weighted by molar-refractivity contribution is 5.87. The van der Waals surface area contributed by atoms with Crippen LogP contribution in [0, 0.1) is 5.92 Å². The minimum Gasteiger partial charge on any atom is -0.339 e. The topological polar surface area (TPSA) is 52.7 Å². The van der Waals surface area contributed by atoms with Crippen LogP contribution >= 0.6 is 0 Å². The van der Waals surface area contributed by atoms with Crippen molar-refractivity contribution in [1.29, 1.82) is 0 Å². The molecular weight excluding hydrogens is 338 g/mol. The SMILES string of the molecule is CC(C)(C(=O)N1CCN(C(=O)CCC2CCNCC2)CC1)c1ccccc1. The van der Waals surface area contributed by atoms with Crippen molar-refractivity contribution in [2.75, 3.05) is 39.3 Å². The van der Waals surface area contributed by atoms with E-state index in [2.05, 4.69) is 5.32 Å². The summed E-state index contributed by atoms with van der Waals surface area (Å²) < 4.78 is 0. The van der Waals surface area contributed by atoms with E-state index in [1.54, 1.807) is 0 Å². The van der Waals surface area contributed by atoms with Crippen LogP contribution in [0.3, 0.4) is 0 Å². The zero-order chi connectivity index (χ0) is 19.3. The quantitative estimate of drug-likeness (QED) is 0.865. The van der Waals surface area contributed by atoms with Crippen molar-refractivity contribution in [2.24, 2.45) is 5.92 Å². The molecule has 2 saturated heterocycles. The molecule has 0 unspecified atom stereocenters. The molecule has 2 fully saturated rings. The van der Waals surface area contributed by atoms with Crippen LogP contribution in [0.5, 0.6) is 0 Å². The summed E-state index contributed by atoms with van der Waals surface area (Å²) in [7, 11) is 0. The molecule has 27 heavy (non-hydrogen) atoms. The van der Waals surface area contributed by atoms with Gasteiger partial charge in [-0.05, 0) is 57.7 Å². The highest BCUT2D eigenvalue weighted by Crippen LogP contribution is 2.26. The number of carbonyl (C=O) groups excluding carboxylic acids is 2. The van der Waals surface area contributed by atoms with Crippen molar-refractivity contribution in [3.05, 3.63) is 35.9 Å². The zero-order valence-corrected chi connectivity index (χ0v) is 16.7. The van der Waals surface area contributed by atoms with Crippen LogP contribution in [0.1, 0.15) is 45.1 Å². The van der Waals surface area contributed by atoms with Gasteiger partial charge in [0.05, 0.1) is 5.41 Å². The maximum absolute atomic E-state index is 13.0. The van der Waals surface area contributed by atoms with Gasteiger partial charge in [-0.2, -0.15) is 0 Å². The molecule has 1 aromatic rings. The van der Waals surface area contributed by atoms with Crippen molar-refractivity contribution >= 4 is 11.8 Å². The van der Waals surface area contributed by atoms with Crippen LogP contribution in [0.4, 0.5) is 0 Å². The number of carbonyl (C=O) groups is 2. The molecule has 2 heterocycles. The van der Waals surface area contributed by atoms with Crippen molar-refractivity contribution in [1.82, 2.24) is 15.1 Å². The fourth-order valence-electron chi connectivity index (χ4n) is 4.19. The van der Waals surface area contributed by atoms with E-state index in [0.717, 1.165) is 25.1 Å². The summed E-state index contributed by atoms with van der Waals surface area (Å²) >= 11 is 0. The Morgan fingerprint density at radius 1 is 1.00 bits per heavy atom. The molecular formula is C22H33N3O2. The summed E-state index contributed by atoms with van der Waals surface area (Å²) in [5, 5.41) is 3.37. The van der Waals surface area contributed by atoms with E-state index in [4.69, 9.17) is 0 Å². The Hall–Kier alpha value is -1.88. The predicted octanol–water partition coefficient (Wildman–Crippen LogP) is 2.41. The number of benzene rings is 1. The van der Waals surface area contributed by atoms with Crippen molar-refractivity contribution in [3.63, 3.8) is 0 Å². The van der Waals surface area contributed by atoms with E-state index in [1.807, 2.05) is 54.0 Å². The molecule has 0 aliphatic carbocycles. The number of piperazine rings is 1. The second-order valence-corrected chi connectivity index (χ2v) is 8.40. The Bertz CT molecular complexity index is 630. The number of piperidine rings is 1. The summed E-state index contributed by atoms with van der Waals surface area (Å²) in [6.07, 6.45) is 4.02. The standard InChI is InChI=1S/C22H33N3O2/c1-22(2,19-6-4-3-5-7-19)21(27)25-16-14-24(15-17-25)20(26)9-8-18-10-12-23-13-11-18/h3-7,18,23H,8-17H2,1-2H3. The molecule has 2 amide bonds. The van der Waals surface area contributed by atoms with Gasteiger partial charge in [0.2, 0.25) is 11.8 Å². The lowest BCUT2D eigenvalue weighted by Crippen LogP contribution is -2.54. The van der Waals surface area contributed by atoms with Gasteiger partial charge in [-0.3, -0.25) is 9.59 Å². The lowest BCUT2D eigenvalue weighted by atomic mass is 9.83. The van der Waals surface area contributed by atoms with E-state index in [1.165, 1.54) is 12.8 Å². The predicted molar refractivity (Wildman–Crippen MR) is 107 cm³/mol. The van der Waals surface area contributed by atoms with Gasteiger partial charge in [-0.15, -0.1) is 0 Å². The molecule has 5 heteroatoms. The Balaban J connectivity index is 1.48. The van der Waals surface area contributed by atoms with E-state index in [-0.39, 0.29) is 11.8 Å². The van der Waals surface area contributed by atoms with Gasteiger partial charge >= 0.3 is 0 Å². The van der Waals surface area contributed by atoms with Crippen LogP contribution in [-0.2, 0) is 15.0 Å². The number of amides is 2. The molecule has 5 nitrogen and oxygen atoms in total. The van der Waals surface area contributed by atoms with Gasteiger partial charge in [-0.1, -0.05) is 30.3 Å². The van der Waals surface area contributed by atoms with E-state index >= 15 is 0 Å². The third kappa shape index (κ3) is 4.89. The molecule has 1 aromatic carbocycles. The second-order valence-electron chi connectivity index (χ2n) is 8.40. The molecule has 148 valence electrons. The van der Waals surface area contributed by atoms with Gasteiger partial charge in [0.15, 0.2) is 0 Å². The molecule has 2 aliphatic rings. The fraction of sp³-hybridized carbons (Fsp3) is 0.636. The Labute approximate surface area is 163 Å². The van der Waals surface area contributed by atoms with Crippen LogP contribution < -0.4 is 5.32 Å². The van der Waals surface area contributed by atoms with Gasteiger partial charge < -0.3 is 15.1 Å². The lowest BCUT2D eigenvalue weighted by Gasteiger charge is -2.39. The zero-order valence-electron chi connectivity index (χ0n) is 16.7. The molecule has 0 radical (unpaired) electrons. The monoisotopic (exact) mass is 371 g/mol. The van der Waals surface area contributed by atoms with E-state index in [9.17, 15) is 9.59 Å².